The molecule has 66 valence electrons. The minimum Gasteiger partial charge on any atom is -0.401 e. The highest BCUT2D eigenvalue weighted by Gasteiger charge is 2.08. The quantitative estimate of drug-likeness (QED) is 0.639. The molecular weight excluding hydrogens is 172 g/mol. The monoisotopic (exact) mass is 177 g/mol. The van der Waals surface area contributed by atoms with Gasteiger partial charge in [-0.1, -0.05) is 0 Å². The topological polar surface area (TPSA) is 99.9 Å². The van der Waals surface area contributed by atoms with Crippen molar-refractivity contribution in [3.8, 4) is 6.01 Å². The molecule has 1 aromatic heterocycles. The predicted molar refractivity (Wildman–Crippen MR) is 35.3 cm³/mol. The lowest BCUT2D eigenvalue weighted by Crippen LogP contribution is -2.09. The summed E-state index contributed by atoms with van der Waals surface area (Å²) < 4.78 is 27.0. The van der Waals surface area contributed by atoms with Crippen molar-refractivity contribution in [2.75, 3.05) is 11.5 Å². The molecule has 12 heavy (non-hydrogen) atoms. The summed E-state index contributed by atoms with van der Waals surface area (Å²) >= 11 is 0. The molecule has 0 atom stereocenters. The Balaban J connectivity index is 2.85. The van der Waals surface area contributed by atoms with Gasteiger partial charge in [0.05, 0.1) is 0 Å². The number of halogens is 2. The molecule has 0 aliphatic heterocycles. The molecule has 6 nitrogen and oxygen atoms in total. The molecule has 0 aromatic carbocycles. The summed E-state index contributed by atoms with van der Waals surface area (Å²) in [5.41, 5.74) is 10.1. The lowest BCUT2D eigenvalue weighted by Gasteiger charge is -2.01. The van der Waals surface area contributed by atoms with Crippen molar-refractivity contribution in [1.29, 1.82) is 0 Å². The van der Waals surface area contributed by atoms with Gasteiger partial charge in [-0.25, -0.2) is 0 Å². The minimum atomic E-state index is -3.01. The van der Waals surface area contributed by atoms with Crippen LogP contribution >= 0.6 is 0 Å². The second-order valence-electron chi connectivity index (χ2n) is 1.71. The molecule has 0 unspecified atom stereocenters. The van der Waals surface area contributed by atoms with Gasteiger partial charge in [-0.3, -0.25) is 0 Å². The van der Waals surface area contributed by atoms with Crippen LogP contribution in [0, 0.1) is 0 Å². The van der Waals surface area contributed by atoms with Crippen molar-refractivity contribution in [1.82, 2.24) is 15.0 Å². The summed E-state index contributed by atoms with van der Waals surface area (Å²) in [5.74, 6) is -0.531. The molecule has 0 fully saturated rings. The number of nitrogens with zero attached hydrogens (tertiary/aromatic N) is 3. The lowest BCUT2D eigenvalue weighted by atomic mass is 10.9. The number of rotatable bonds is 2. The number of alkyl halides is 2. The Kier molecular flexibility index (Phi) is 2.17. The SMILES string of the molecule is Nc1nc(N)nc(OC(F)F)n1. The fourth-order valence-corrected chi connectivity index (χ4v) is 0.521. The summed E-state index contributed by atoms with van der Waals surface area (Å²) in [4.78, 5) is 9.84. The first-order valence-electron chi connectivity index (χ1n) is 2.80. The second-order valence-corrected chi connectivity index (χ2v) is 1.71. The van der Waals surface area contributed by atoms with E-state index < -0.39 is 12.6 Å². The maximum atomic E-state index is 11.6. The van der Waals surface area contributed by atoms with Gasteiger partial charge in [0.2, 0.25) is 11.9 Å². The van der Waals surface area contributed by atoms with E-state index in [-0.39, 0.29) is 11.9 Å². The first-order chi connectivity index (χ1) is 5.58. The molecule has 0 saturated heterocycles. The Hall–Kier alpha value is -1.73. The number of ether oxygens (including phenoxy) is 1. The Morgan fingerprint density at radius 1 is 1.08 bits per heavy atom. The van der Waals surface area contributed by atoms with Crippen LogP contribution in [0.25, 0.3) is 0 Å². The highest BCUT2D eigenvalue weighted by molar-refractivity contribution is 5.27. The standard InChI is InChI=1S/C4H5F2N5O/c5-1(6)12-4-10-2(7)9-3(8)11-4/h1H,(H4,7,8,9,10,11). The Labute approximate surface area is 65.6 Å². The molecule has 1 heterocycles. The van der Waals surface area contributed by atoms with E-state index in [0.29, 0.717) is 0 Å². The first-order valence-corrected chi connectivity index (χ1v) is 2.80. The molecule has 8 heteroatoms. The van der Waals surface area contributed by atoms with Crippen molar-refractivity contribution in [3.63, 3.8) is 0 Å². The zero-order chi connectivity index (χ0) is 9.14. The Morgan fingerprint density at radius 3 is 2.00 bits per heavy atom. The van der Waals surface area contributed by atoms with Crippen molar-refractivity contribution in [2.45, 2.75) is 6.61 Å². The van der Waals surface area contributed by atoms with Crippen molar-refractivity contribution >= 4 is 11.9 Å². The van der Waals surface area contributed by atoms with Crippen LogP contribution in [0.3, 0.4) is 0 Å². The van der Waals surface area contributed by atoms with Crippen molar-refractivity contribution < 1.29 is 13.5 Å². The third kappa shape index (κ3) is 2.15. The summed E-state index contributed by atoms with van der Waals surface area (Å²) in [6.45, 7) is -3.01. The lowest BCUT2D eigenvalue weighted by molar-refractivity contribution is -0.0559. The van der Waals surface area contributed by atoms with Crippen LogP contribution in [-0.2, 0) is 0 Å². The summed E-state index contributed by atoms with van der Waals surface area (Å²) in [6.07, 6.45) is 0. The third-order valence-corrected chi connectivity index (χ3v) is 0.844. The normalized spacial score (nSPS) is 10.2. The average Bonchev–Trinajstić information content (AvgIpc) is 1.81. The number of hydrogen-bond acceptors (Lipinski definition) is 6. The molecule has 0 spiro atoms. The highest BCUT2D eigenvalue weighted by atomic mass is 19.3. The molecule has 0 bridgehead atoms. The minimum absolute atomic E-state index is 0.266. The van der Waals surface area contributed by atoms with Crippen LogP contribution in [0.15, 0.2) is 0 Å². The van der Waals surface area contributed by atoms with Gasteiger partial charge < -0.3 is 16.2 Å². The smallest absolute Gasteiger partial charge is 0.389 e. The van der Waals surface area contributed by atoms with E-state index in [1.807, 2.05) is 0 Å². The van der Waals surface area contributed by atoms with Gasteiger partial charge in [0.1, 0.15) is 0 Å². The van der Waals surface area contributed by atoms with Crippen LogP contribution < -0.4 is 16.2 Å². The maximum absolute atomic E-state index is 11.6. The summed E-state index contributed by atoms with van der Waals surface area (Å²) in [7, 11) is 0. The van der Waals surface area contributed by atoms with Gasteiger partial charge in [-0.05, 0) is 0 Å². The molecule has 1 aromatic rings. The molecule has 0 aliphatic rings. The van der Waals surface area contributed by atoms with Gasteiger partial charge in [-0.2, -0.15) is 23.7 Å². The van der Waals surface area contributed by atoms with Crippen LogP contribution in [-0.4, -0.2) is 21.6 Å². The number of aromatic nitrogens is 3. The number of nitrogen functional groups attached to an aromatic ring is 2. The second kappa shape index (κ2) is 3.11. The van der Waals surface area contributed by atoms with Gasteiger partial charge in [0.15, 0.2) is 0 Å². The van der Waals surface area contributed by atoms with Gasteiger partial charge >= 0.3 is 12.6 Å². The summed E-state index contributed by atoms with van der Waals surface area (Å²) in [5, 5.41) is 0. The van der Waals surface area contributed by atoms with Crippen LogP contribution in [0.1, 0.15) is 0 Å². The molecule has 0 aliphatic carbocycles. The van der Waals surface area contributed by atoms with Crippen LogP contribution in [0.5, 0.6) is 6.01 Å². The molecule has 0 radical (unpaired) electrons. The maximum Gasteiger partial charge on any atom is 0.389 e. The number of anilines is 2. The number of nitrogens with two attached hydrogens (primary N) is 2. The van der Waals surface area contributed by atoms with Gasteiger partial charge in [0, 0.05) is 0 Å². The van der Waals surface area contributed by atoms with E-state index >= 15 is 0 Å². The van der Waals surface area contributed by atoms with E-state index in [0.717, 1.165) is 0 Å². The van der Waals surface area contributed by atoms with E-state index in [2.05, 4.69) is 19.7 Å². The van der Waals surface area contributed by atoms with Gasteiger partial charge in [0.25, 0.3) is 0 Å². The fourth-order valence-electron chi connectivity index (χ4n) is 0.521. The van der Waals surface area contributed by atoms with E-state index in [1.165, 1.54) is 0 Å². The number of hydrogen-bond donors (Lipinski definition) is 2. The average molecular weight is 177 g/mol. The molecule has 0 saturated carbocycles. The Morgan fingerprint density at radius 2 is 1.58 bits per heavy atom. The van der Waals surface area contributed by atoms with Gasteiger partial charge in [-0.15, -0.1) is 0 Å². The largest absolute Gasteiger partial charge is 0.401 e. The van der Waals surface area contributed by atoms with E-state index in [9.17, 15) is 8.78 Å². The third-order valence-electron chi connectivity index (χ3n) is 0.844. The van der Waals surface area contributed by atoms with Crippen LogP contribution in [0.4, 0.5) is 20.7 Å². The Bertz CT molecular complexity index is 260. The van der Waals surface area contributed by atoms with Crippen molar-refractivity contribution in [3.05, 3.63) is 0 Å². The highest BCUT2D eigenvalue weighted by Crippen LogP contribution is 2.08. The van der Waals surface area contributed by atoms with E-state index in [4.69, 9.17) is 11.5 Å². The van der Waals surface area contributed by atoms with Crippen LogP contribution in [0.2, 0.25) is 0 Å². The molecule has 4 N–H and O–H groups in total. The predicted octanol–water partition coefficient (Wildman–Crippen LogP) is -0.363. The molecule has 0 amide bonds. The zero-order valence-electron chi connectivity index (χ0n) is 5.74. The zero-order valence-corrected chi connectivity index (χ0v) is 5.74. The summed E-state index contributed by atoms with van der Waals surface area (Å²) in [6, 6.07) is -0.588. The van der Waals surface area contributed by atoms with E-state index in [1.54, 1.807) is 0 Å². The fraction of sp³-hybridized carbons (Fsp3) is 0.250. The van der Waals surface area contributed by atoms with Crippen molar-refractivity contribution in [2.24, 2.45) is 0 Å². The first kappa shape index (κ1) is 8.37. The molecule has 1 rings (SSSR count). The molecular formula is C4H5F2N5O.